The SMILES string of the molecule is CN(c1ccccc1)S(=O)(=O)c1cccc(NS(=O)(=O)/C=C/c2ccccc2)c1. The van der Waals surface area contributed by atoms with Crippen molar-refractivity contribution in [1.29, 1.82) is 0 Å². The standard InChI is InChI=1S/C21H20N2O4S2/c1-23(20-12-6-3-7-13-20)29(26,27)21-14-8-11-19(17-21)22-28(24,25)16-15-18-9-4-2-5-10-18/h2-17,22H,1H3/b16-15+. The predicted molar refractivity (Wildman–Crippen MR) is 116 cm³/mol. The summed E-state index contributed by atoms with van der Waals surface area (Å²) in [6.45, 7) is 0. The molecule has 0 saturated carbocycles. The number of para-hydroxylation sites is 1. The summed E-state index contributed by atoms with van der Waals surface area (Å²) < 4.78 is 54.0. The number of nitrogens with zero attached hydrogens (tertiary/aromatic N) is 1. The van der Waals surface area contributed by atoms with Crippen LogP contribution < -0.4 is 9.03 Å². The van der Waals surface area contributed by atoms with E-state index in [2.05, 4.69) is 4.72 Å². The molecule has 0 unspecified atom stereocenters. The minimum Gasteiger partial charge on any atom is -0.280 e. The molecule has 0 aromatic heterocycles. The topological polar surface area (TPSA) is 83.6 Å². The fraction of sp³-hybridized carbons (Fsp3) is 0.0476. The first-order valence-corrected chi connectivity index (χ1v) is 11.7. The summed E-state index contributed by atoms with van der Waals surface area (Å²) >= 11 is 0. The summed E-state index contributed by atoms with van der Waals surface area (Å²) in [6, 6.07) is 23.3. The lowest BCUT2D eigenvalue weighted by atomic mass is 10.2. The molecule has 0 radical (unpaired) electrons. The van der Waals surface area contributed by atoms with E-state index in [4.69, 9.17) is 0 Å². The van der Waals surface area contributed by atoms with Crippen LogP contribution in [0.25, 0.3) is 6.08 Å². The predicted octanol–water partition coefficient (Wildman–Crippen LogP) is 3.92. The number of sulfonamides is 2. The molecule has 0 aliphatic rings. The van der Waals surface area contributed by atoms with E-state index < -0.39 is 20.0 Å². The third kappa shape index (κ3) is 5.24. The van der Waals surface area contributed by atoms with Crippen LogP contribution in [0.2, 0.25) is 0 Å². The average Bonchev–Trinajstić information content (AvgIpc) is 2.73. The summed E-state index contributed by atoms with van der Waals surface area (Å²) in [5.74, 6) is 0. The highest BCUT2D eigenvalue weighted by molar-refractivity contribution is 7.95. The molecule has 0 heterocycles. The van der Waals surface area contributed by atoms with Crippen molar-refractivity contribution in [3.05, 3.63) is 95.9 Å². The Bertz CT molecular complexity index is 1210. The molecule has 6 nitrogen and oxygen atoms in total. The molecule has 0 fully saturated rings. The zero-order chi connectivity index (χ0) is 20.9. The van der Waals surface area contributed by atoms with Crippen molar-refractivity contribution >= 4 is 37.5 Å². The molecular weight excluding hydrogens is 408 g/mol. The van der Waals surface area contributed by atoms with Gasteiger partial charge in [0.25, 0.3) is 20.0 Å². The lowest BCUT2D eigenvalue weighted by Gasteiger charge is -2.19. The average molecular weight is 429 g/mol. The van der Waals surface area contributed by atoms with Gasteiger partial charge in [-0.1, -0.05) is 54.6 Å². The maximum Gasteiger partial charge on any atom is 0.264 e. The van der Waals surface area contributed by atoms with Gasteiger partial charge < -0.3 is 0 Å². The van der Waals surface area contributed by atoms with Gasteiger partial charge in [-0.05, 0) is 42.0 Å². The first-order valence-electron chi connectivity index (χ1n) is 8.68. The van der Waals surface area contributed by atoms with Gasteiger partial charge in [-0.3, -0.25) is 9.03 Å². The summed E-state index contributed by atoms with van der Waals surface area (Å²) in [5.41, 5.74) is 1.40. The van der Waals surface area contributed by atoms with Crippen molar-refractivity contribution in [3.63, 3.8) is 0 Å². The first kappa shape index (κ1) is 20.6. The molecule has 3 rings (SSSR count). The van der Waals surface area contributed by atoms with Gasteiger partial charge >= 0.3 is 0 Å². The Hall–Kier alpha value is -3.10. The molecule has 1 N–H and O–H groups in total. The first-order chi connectivity index (χ1) is 13.8. The number of hydrogen-bond acceptors (Lipinski definition) is 4. The molecule has 0 saturated heterocycles. The molecule has 0 aliphatic heterocycles. The van der Waals surface area contributed by atoms with Crippen LogP contribution in [-0.2, 0) is 20.0 Å². The number of rotatable bonds is 7. The minimum atomic E-state index is -3.84. The monoisotopic (exact) mass is 428 g/mol. The Morgan fingerprint density at radius 1 is 0.793 bits per heavy atom. The molecule has 150 valence electrons. The molecule has 3 aromatic carbocycles. The Kier molecular flexibility index (Phi) is 6.05. The highest BCUT2D eigenvalue weighted by atomic mass is 32.2. The van der Waals surface area contributed by atoms with Gasteiger partial charge in [0.2, 0.25) is 0 Å². The zero-order valence-electron chi connectivity index (χ0n) is 15.6. The molecule has 3 aromatic rings. The van der Waals surface area contributed by atoms with Crippen LogP contribution in [0.4, 0.5) is 11.4 Å². The summed E-state index contributed by atoms with van der Waals surface area (Å²) in [7, 11) is -6.20. The Balaban J connectivity index is 1.83. The number of benzene rings is 3. The van der Waals surface area contributed by atoms with E-state index in [0.717, 1.165) is 15.3 Å². The van der Waals surface area contributed by atoms with Crippen LogP contribution >= 0.6 is 0 Å². The Labute approximate surface area is 171 Å². The largest absolute Gasteiger partial charge is 0.280 e. The smallest absolute Gasteiger partial charge is 0.264 e. The number of hydrogen-bond donors (Lipinski definition) is 1. The Morgan fingerprint density at radius 3 is 2.07 bits per heavy atom. The molecule has 8 heteroatoms. The normalized spacial score (nSPS) is 12.0. The summed E-state index contributed by atoms with van der Waals surface area (Å²) in [6.07, 6.45) is 1.46. The molecule has 0 aliphatic carbocycles. The molecular formula is C21H20N2O4S2. The molecule has 0 bridgehead atoms. The molecule has 0 amide bonds. The van der Waals surface area contributed by atoms with Gasteiger partial charge in [0.1, 0.15) is 0 Å². The van der Waals surface area contributed by atoms with E-state index in [-0.39, 0.29) is 10.6 Å². The van der Waals surface area contributed by atoms with Gasteiger partial charge in [-0.2, -0.15) is 0 Å². The van der Waals surface area contributed by atoms with E-state index >= 15 is 0 Å². The fourth-order valence-electron chi connectivity index (χ4n) is 2.59. The van der Waals surface area contributed by atoms with Gasteiger partial charge in [0.05, 0.1) is 21.7 Å². The van der Waals surface area contributed by atoms with E-state index in [1.165, 1.54) is 37.4 Å². The fourth-order valence-corrected chi connectivity index (χ4v) is 4.69. The maximum atomic E-state index is 12.9. The second-order valence-corrected chi connectivity index (χ2v) is 9.73. The van der Waals surface area contributed by atoms with Gasteiger partial charge in [0, 0.05) is 7.05 Å². The van der Waals surface area contributed by atoms with Crippen LogP contribution in [0.1, 0.15) is 5.56 Å². The highest BCUT2D eigenvalue weighted by Crippen LogP contribution is 2.24. The minimum absolute atomic E-state index is 0.0175. The van der Waals surface area contributed by atoms with Crippen molar-refractivity contribution < 1.29 is 16.8 Å². The zero-order valence-corrected chi connectivity index (χ0v) is 17.3. The Morgan fingerprint density at radius 2 is 1.41 bits per heavy atom. The van der Waals surface area contributed by atoms with Crippen LogP contribution in [0, 0.1) is 0 Å². The van der Waals surface area contributed by atoms with Crippen LogP contribution in [0.15, 0.2) is 95.2 Å². The maximum absolute atomic E-state index is 12.9. The van der Waals surface area contributed by atoms with Crippen molar-refractivity contribution in [2.24, 2.45) is 0 Å². The highest BCUT2D eigenvalue weighted by Gasteiger charge is 2.21. The van der Waals surface area contributed by atoms with E-state index in [1.807, 2.05) is 6.07 Å². The molecule has 0 spiro atoms. The third-order valence-electron chi connectivity index (χ3n) is 4.11. The number of nitrogens with one attached hydrogen (secondary N) is 1. The van der Waals surface area contributed by atoms with Crippen LogP contribution in [0.5, 0.6) is 0 Å². The van der Waals surface area contributed by atoms with Crippen molar-refractivity contribution in [1.82, 2.24) is 0 Å². The van der Waals surface area contributed by atoms with Crippen LogP contribution in [0.3, 0.4) is 0 Å². The van der Waals surface area contributed by atoms with E-state index in [1.54, 1.807) is 54.6 Å². The number of anilines is 2. The van der Waals surface area contributed by atoms with Crippen molar-refractivity contribution in [2.45, 2.75) is 4.90 Å². The lowest BCUT2D eigenvalue weighted by Crippen LogP contribution is -2.26. The van der Waals surface area contributed by atoms with Gasteiger partial charge in [-0.25, -0.2) is 16.8 Å². The van der Waals surface area contributed by atoms with E-state index in [0.29, 0.717) is 5.69 Å². The summed E-state index contributed by atoms with van der Waals surface area (Å²) in [5, 5.41) is 1.04. The van der Waals surface area contributed by atoms with Gasteiger partial charge in [-0.15, -0.1) is 0 Å². The van der Waals surface area contributed by atoms with E-state index in [9.17, 15) is 16.8 Å². The quantitative estimate of drug-likeness (QED) is 0.618. The van der Waals surface area contributed by atoms with Crippen molar-refractivity contribution in [3.8, 4) is 0 Å². The second kappa shape index (κ2) is 8.50. The van der Waals surface area contributed by atoms with Crippen LogP contribution in [-0.4, -0.2) is 23.9 Å². The van der Waals surface area contributed by atoms with Crippen molar-refractivity contribution in [2.75, 3.05) is 16.1 Å². The lowest BCUT2D eigenvalue weighted by molar-refractivity contribution is 0.594. The summed E-state index contributed by atoms with van der Waals surface area (Å²) in [4.78, 5) is -0.0175. The second-order valence-electron chi connectivity index (χ2n) is 6.20. The molecule has 29 heavy (non-hydrogen) atoms. The third-order valence-corrected chi connectivity index (χ3v) is 6.91. The van der Waals surface area contributed by atoms with Gasteiger partial charge in [0.15, 0.2) is 0 Å². The molecule has 0 atom stereocenters.